The van der Waals surface area contributed by atoms with E-state index in [9.17, 15) is 0 Å². The van der Waals surface area contributed by atoms with Crippen molar-refractivity contribution in [2.75, 3.05) is 14.1 Å². The minimum atomic E-state index is 0.0833. The van der Waals surface area contributed by atoms with Crippen molar-refractivity contribution in [3.8, 4) is 0 Å². The molecule has 0 aromatic carbocycles. The third kappa shape index (κ3) is 0.763. The van der Waals surface area contributed by atoms with Crippen LogP contribution in [-0.2, 0) is 0 Å². The molecule has 1 saturated carbocycles. The van der Waals surface area contributed by atoms with Gasteiger partial charge in [0, 0.05) is 0 Å². The Hall–Kier alpha value is -0.0800. The van der Waals surface area contributed by atoms with Crippen LogP contribution >= 0.6 is 0 Å². The first-order valence-electron chi connectivity index (χ1n) is 2.61. The summed E-state index contributed by atoms with van der Waals surface area (Å²) in [5, 5.41) is 0. The molecule has 0 spiro atoms. The Bertz CT molecular complexity index is 74.1. The summed E-state index contributed by atoms with van der Waals surface area (Å²) in [6.45, 7) is 0. The van der Waals surface area contributed by atoms with E-state index in [0.717, 1.165) is 0 Å². The number of hydrogen-bond acceptors (Lipinski definition) is 2. The van der Waals surface area contributed by atoms with Gasteiger partial charge in [0.15, 0.2) is 0 Å². The molecule has 1 fully saturated rings. The van der Waals surface area contributed by atoms with E-state index in [4.69, 9.17) is 5.73 Å². The Morgan fingerprint density at radius 2 is 1.86 bits per heavy atom. The zero-order chi connectivity index (χ0) is 5.49. The molecule has 0 heterocycles. The van der Waals surface area contributed by atoms with Gasteiger partial charge in [0.25, 0.3) is 0 Å². The summed E-state index contributed by atoms with van der Waals surface area (Å²) in [4.78, 5) is 2.08. The van der Waals surface area contributed by atoms with Crippen molar-refractivity contribution >= 4 is 0 Å². The quantitative estimate of drug-likeness (QED) is 0.470. The molecule has 2 N–H and O–H groups in total. The van der Waals surface area contributed by atoms with Gasteiger partial charge < -0.3 is 5.73 Å². The number of nitrogens with two attached hydrogens (primary N) is 1. The van der Waals surface area contributed by atoms with Crippen LogP contribution in [0.1, 0.15) is 12.8 Å². The van der Waals surface area contributed by atoms with E-state index in [-0.39, 0.29) is 5.66 Å². The van der Waals surface area contributed by atoms with Crippen LogP contribution in [0.5, 0.6) is 0 Å². The fourth-order valence-electron chi connectivity index (χ4n) is 0.575. The maximum Gasteiger partial charge on any atom is 0.0684 e. The average molecular weight is 100 g/mol. The van der Waals surface area contributed by atoms with E-state index in [2.05, 4.69) is 4.90 Å². The first-order valence-corrected chi connectivity index (χ1v) is 2.61. The molecule has 2 heteroatoms. The van der Waals surface area contributed by atoms with Crippen LogP contribution in [0.15, 0.2) is 0 Å². The van der Waals surface area contributed by atoms with E-state index in [0.29, 0.717) is 0 Å². The first kappa shape index (κ1) is 5.06. The summed E-state index contributed by atoms with van der Waals surface area (Å²) in [7, 11) is 4.04. The van der Waals surface area contributed by atoms with Gasteiger partial charge >= 0.3 is 0 Å². The van der Waals surface area contributed by atoms with Gasteiger partial charge in [-0.05, 0) is 26.9 Å². The van der Waals surface area contributed by atoms with Gasteiger partial charge in [-0.1, -0.05) is 0 Å². The highest BCUT2D eigenvalue weighted by Crippen LogP contribution is 2.33. The predicted octanol–water partition coefficient (Wildman–Crippen LogP) is -0.00320. The normalized spacial score (nSPS) is 25.7. The smallest absolute Gasteiger partial charge is 0.0684 e. The van der Waals surface area contributed by atoms with Crippen LogP contribution in [0, 0.1) is 0 Å². The second-order valence-electron chi connectivity index (χ2n) is 2.50. The topological polar surface area (TPSA) is 29.3 Å². The molecule has 0 aromatic rings. The molecule has 0 aromatic heterocycles. The Morgan fingerprint density at radius 1 is 1.43 bits per heavy atom. The Labute approximate surface area is 44.3 Å². The molecule has 7 heavy (non-hydrogen) atoms. The maximum atomic E-state index is 5.72. The Morgan fingerprint density at radius 3 is 1.86 bits per heavy atom. The summed E-state index contributed by atoms with van der Waals surface area (Å²) in [5.74, 6) is 0. The minimum absolute atomic E-state index is 0.0833. The van der Waals surface area contributed by atoms with Crippen LogP contribution < -0.4 is 5.73 Å². The van der Waals surface area contributed by atoms with E-state index >= 15 is 0 Å². The predicted molar refractivity (Wildman–Crippen MR) is 29.8 cm³/mol. The largest absolute Gasteiger partial charge is 0.313 e. The maximum absolute atomic E-state index is 5.72. The van der Waals surface area contributed by atoms with E-state index < -0.39 is 0 Å². The zero-order valence-corrected chi connectivity index (χ0v) is 4.94. The van der Waals surface area contributed by atoms with E-state index in [1.54, 1.807) is 0 Å². The molecule has 42 valence electrons. The lowest BCUT2D eigenvalue weighted by Crippen LogP contribution is -2.38. The van der Waals surface area contributed by atoms with Crippen molar-refractivity contribution < 1.29 is 0 Å². The molecule has 0 unspecified atom stereocenters. The highest BCUT2D eigenvalue weighted by Gasteiger charge is 2.40. The monoisotopic (exact) mass is 100 g/mol. The molecule has 0 saturated heterocycles. The second-order valence-corrected chi connectivity index (χ2v) is 2.50. The van der Waals surface area contributed by atoms with E-state index in [1.165, 1.54) is 12.8 Å². The molecular formula is C5H12N2. The third-order valence-corrected chi connectivity index (χ3v) is 1.65. The fraction of sp³-hybridized carbons (Fsp3) is 1.00. The first-order chi connectivity index (χ1) is 3.15. The van der Waals surface area contributed by atoms with Crippen LogP contribution in [0.2, 0.25) is 0 Å². The van der Waals surface area contributed by atoms with Gasteiger partial charge in [-0.25, -0.2) is 0 Å². The van der Waals surface area contributed by atoms with Gasteiger partial charge in [-0.3, -0.25) is 4.90 Å². The number of hydrogen-bond donors (Lipinski definition) is 1. The molecule has 0 aliphatic heterocycles. The summed E-state index contributed by atoms with van der Waals surface area (Å²) in [6, 6.07) is 0. The molecule has 2 nitrogen and oxygen atoms in total. The van der Waals surface area contributed by atoms with Gasteiger partial charge in [-0.2, -0.15) is 0 Å². The minimum Gasteiger partial charge on any atom is -0.313 e. The van der Waals surface area contributed by atoms with Crippen LogP contribution in [0.4, 0.5) is 0 Å². The molecule has 0 amide bonds. The molecule has 0 radical (unpaired) electrons. The van der Waals surface area contributed by atoms with E-state index in [1.807, 2.05) is 14.1 Å². The second kappa shape index (κ2) is 1.20. The number of rotatable bonds is 1. The Kier molecular flexibility index (Phi) is 0.869. The lowest BCUT2D eigenvalue weighted by molar-refractivity contribution is 0.279. The average Bonchev–Trinajstić information content (AvgIpc) is 2.21. The van der Waals surface area contributed by atoms with Crippen molar-refractivity contribution in [3.63, 3.8) is 0 Å². The molecule has 1 aliphatic carbocycles. The van der Waals surface area contributed by atoms with Gasteiger partial charge in [0.05, 0.1) is 5.66 Å². The molecule has 1 rings (SSSR count). The Balaban J connectivity index is 2.39. The lowest BCUT2D eigenvalue weighted by Gasteiger charge is -2.16. The zero-order valence-electron chi connectivity index (χ0n) is 4.94. The number of nitrogens with zero attached hydrogens (tertiary/aromatic N) is 1. The SMILES string of the molecule is CN(C)C1(N)CC1. The highest BCUT2D eigenvalue weighted by atomic mass is 15.3. The van der Waals surface area contributed by atoms with Crippen LogP contribution in [-0.4, -0.2) is 24.7 Å². The van der Waals surface area contributed by atoms with Gasteiger partial charge in [0.2, 0.25) is 0 Å². The molecular weight excluding hydrogens is 88.1 g/mol. The highest BCUT2D eigenvalue weighted by molar-refractivity contribution is 4.95. The fourth-order valence-corrected chi connectivity index (χ4v) is 0.575. The van der Waals surface area contributed by atoms with Crippen LogP contribution in [0.3, 0.4) is 0 Å². The lowest BCUT2D eigenvalue weighted by atomic mass is 10.5. The van der Waals surface area contributed by atoms with Gasteiger partial charge in [0.1, 0.15) is 0 Å². The third-order valence-electron chi connectivity index (χ3n) is 1.65. The molecule has 0 atom stereocenters. The van der Waals surface area contributed by atoms with Crippen molar-refractivity contribution in [2.24, 2.45) is 5.73 Å². The molecule has 1 aliphatic rings. The van der Waals surface area contributed by atoms with Crippen molar-refractivity contribution in [2.45, 2.75) is 18.5 Å². The molecule has 0 bridgehead atoms. The summed E-state index contributed by atoms with van der Waals surface area (Å²) >= 11 is 0. The van der Waals surface area contributed by atoms with Crippen molar-refractivity contribution in [3.05, 3.63) is 0 Å². The summed E-state index contributed by atoms with van der Waals surface area (Å²) in [5.41, 5.74) is 5.80. The van der Waals surface area contributed by atoms with Crippen molar-refractivity contribution in [1.82, 2.24) is 4.90 Å². The van der Waals surface area contributed by atoms with Gasteiger partial charge in [-0.15, -0.1) is 0 Å². The summed E-state index contributed by atoms with van der Waals surface area (Å²) in [6.07, 6.45) is 2.33. The standard InChI is InChI=1S/C5H12N2/c1-7(2)5(6)3-4-5/h3-4,6H2,1-2H3. The van der Waals surface area contributed by atoms with Crippen molar-refractivity contribution in [1.29, 1.82) is 0 Å². The summed E-state index contributed by atoms with van der Waals surface area (Å²) < 4.78 is 0. The van der Waals surface area contributed by atoms with Crippen LogP contribution in [0.25, 0.3) is 0 Å².